The monoisotopic (exact) mass is 359 g/mol. The molecular formula is C16H10ClN3O3S. The first kappa shape index (κ1) is 16.1. The molecule has 8 heteroatoms. The SMILES string of the molecule is O=C1/C(=C/c2ccc(Cl)cc2)NC(=S)N1c1ccccc1[N+](=O)[O-]. The van der Waals surface area contributed by atoms with Gasteiger partial charge in [0.25, 0.3) is 11.6 Å². The summed E-state index contributed by atoms with van der Waals surface area (Å²) >= 11 is 11.0. The van der Waals surface area contributed by atoms with Crippen LogP contribution in [0.25, 0.3) is 6.08 Å². The molecule has 0 bridgehead atoms. The predicted molar refractivity (Wildman–Crippen MR) is 95.7 cm³/mol. The molecule has 0 unspecified atom stereocenters. The van der Waals surface area contributed by atoms with E-state index in [1.165, 1.54) is 18.2 Å². The van der Waals surface area contributed by atoms with Crippen LogP contribution in [0.1, 0.15) is 5.56 Å². The van der Waals surface area contributed by atoms with Crippen LogP contribution in [0.15, 0.2) is 54.2 Å². The molecule has 0 atom stereocenters. The van der Waals surface area contributed by atoms with E-state index in [0.717, 1.165) is 10.5 Å². The third-order valence-corrected chi connectivity index (χ3v) is 3.92. The first-order valence-electron chi connectivity index (χ1n) is 6.83. The second-order valence-corrected chi connectivity index (χ2v) is 5.75. The van der Waals surface area contributed by atoms with Crippen molar-refractivity contribution in [3.8, 4) is 0 Å². The number of carbonyl (C=O) groups is 1. The summed E-state index contributed by atoms with van der Waals surface area (Å²) in [7, 11) is 0. The molecule has 24 heavy (non-hydrogen) atoms. The van der Waals surface area contributed by atoms with Crippen molar-refractivity contribution in [1.29, 1.82) is 0 Å². The van der Waals surface area contributed by atoms with Crippen LogP contribution in [0.5, 0.6) is 0 Å². The molecule has 120 valence electrons. The Morgan fingerprint density at radius 2 is 1.83 bits per heavy atom. The van der Waals surface area contributed by atoms with Gasteiger partial charge in [-0.05, 0) is 42.1 Å². The van der Waals surface area contributed by atoms with Gasteiger partial charge >= 0.3 is 0 Å². The Morgan fingerprint density at radius 1 is 1.17 bits per heavy atom. The summed E-state index contributed by atoms with van der Waals surface area (Å²) in [6, 6.07) is 12.8. The number of hydrogen-bond donors (Lipinski definition) is 1. The molecule has 0 saturated carbocycles. The number of hydrogen-bond acceptors (Lipinski definition) is 4. The zero-order valence-electron chi connectivity index (χ0n) is 12.1. The van der Waals surface area contributed by atoms with Gasteiger partial charge in [-0.1, -0.05) is 35.9 Å². The van der Waals surface area contributed by atoms with Crippen molar-refractivity contribution in [3.05, 3.63) is 74.9 Å². The number of benzene rings is 2. The number of amides is 1. The Morgan fingerprint density at radius 3 is 2.50 bits per heavy atom. The van der Waals surface area contributed by atoms with Crippen molar-refractivity contribution < 1.29 is 9.72 Å². The van der Waals surface area contributed by atoms with Crippen molar-refractivity contribution >= 4 is 52.3 Å². The average Bonchev–Trinajstić information content (AvgIpc) is 2.83. The molecule has 3 rings (SSSR count). The van der Waals surface area contributed by atoms with Gasteiger partial charge in [-0.2, -0.15) is 0 Å². The molecule has 1 saturated heterocycles. The Kier molecular flexibility index (Phi) is 4.28. The standard InChI is InChI=1S/C16H10ClN3O3S/c17-11-7-5-10(6-8-11)9-12-15(21)19(16(24)18-12)13-3-1-2-4-14(13)20(22)23/h1-9H,(H,18,24)/b12-9-. The van der Waals surface area contributed by atoms with E-state index in [1.54, 1.807) is 36.4 Å². The molecule has 0 aliphatic carbocycles. The van der Waals surface area contributed by atoms with Gasteiger partial charge in [0.05, 0.1) is 4.92 Å². The molecule has 1 amide bonds. The van der Waals surface area contributed by atoms with Crippen LogP contribution < -0.4 is 10.2 Å². The van der Waals surface area contributed by atoms with E-state index in [2.05, 4.69) is 5.32 Å². The maximum Gasteiger partial charge on any atom is 0.293 e. The van der Waals surface area contributed by atoms with Crippen LogP contribution in [-0.4, -0.2) is 15.9 Å². The molecule has 1 N–H and O–H groups in total. The van der Waals surface area contributed by atoms with E-state index < -0.39 is 10.8 Å². The van der Waals surface area contributed by atoms with E-state index in [0.29, 0.717) is 5.02 Å². The van der Waals surface area contributed by atoms with Gasteiger partial charge < -0.3 is 5.32 Å². The fraction of sp³-hybridized carbons (Fsp3) is 0. The molecule has 2 aromatic carbocycles. The summed E-state index contributed by atoms with van der Waals surface area (Å²) in [5.74, 6) is -0.454. The summed E-state index contributed by atoms with van der Waals surface area (Å²) < 4.78 is 0. The Hall–Kier alpha value is -2.77. The first-order valence-corrected chi connectivity index (χ1v) is 7.62. The fourth-order valence-electron chi connectivity index (χ4n) is 2.29. The Bertz CT molecular complexity index is 880. The largest absolute Gasteiger partial charge is 0.327 e. The second-order valence-electron chi connectivity index (χ2n) is 4.93. The molecule has 1 aliphatic heterocycles. The second kappa shape index (κ2) is 6.38. The number of nitro groups is 1. The molecule has 1 fully saturated rings. The lowest BCUT2D eigenvalue weighted by atomic mass is 10.2. The predicted octanol–water partition coefficient (Wildman–Crippen LogP) is 3.51. The van der Waals surface area contributed by atoms with Gasteiger partial charge in [-0.25, -0.2) is 4.90 Å². The summed E-state index contributed by atoms with van der Waals surface area (Å²) in [4.78, 5) is 24.4. The number of thiocarbonyl (C=S) groups is 1. The minimum atomic E-state index is -0.549. The van der Waals surface area contributed by atoms with Crippen molar-refractivity contribution in [2.45, 2.75) is 0 Å². The van der Waals surface area contributed by atoms with E-state index in [-0.39, 0.29) is 22.2 Å². The highest BCUT2D eigenvalue weighted by atomic mass is 35.5. The summed E-state index contributed by atoms with van der Waals surface area (Å²) in [6.45, 7) is 0. The zero-order chi connectivity index (χ0) is 17.3. The molecule has 0 aromatic heterocycles. The maximum atomic E-state index is 12.6. The van der Waals surface area contributed by atoms with Gasteiger partial charge in [0.2, 0.25) is 0 Å². The number of nitrogens with one attached hydrogen (secondary N) is 1. The summed E-state index contributed by atoms with van der Waals surface area (Å²) in [5.41, 5.74) is 0.926. The summed E-state index contributed by atoms with van der Waals surface area (Å²) in [6.07, 6.45) is 1.61. The van der Waals surface area contributed by atoms with Crippen LogP contribution in [0.4, 0.5) is 11.4 Å². The number of anilines is 1. The van der Waals surface area contributed by atoms with Gasteiger partial charge in [-0.3, -0.25) is 14.9 Å². The normalized spacial score (nSPS) is 15.7. The van der Waals surface area contributed by atoms with E-state index >= 15 is 0 Å². The molecule has 6 nitrogen and oxygen atoms in total. The zero-order valence-corrected chi connectivity index (χ0v) is 13.7. The minimum Gasteiger partial charge on any atom is -0.327 e. The number of halogens is 1. The molecule has 0 spiro atoms. The van der Waals surface area contributed by atoms with Crippen molar-refractivity contribution in [2.24, 2.45) is 0 Å². The highest BCUT2D eigenvalue weighted by Gasteiger charge is 2.35. The highest BCUT2D eigenvalue weighted by molar-refractivity contribution is 7.80. The third kappa shape index (κ3) is 2.99. The van der Waals surface area contributed by atoms with Crippen LogP contribution in [0.2, 0.25) is 5.02 Å². The van der Waals surface area contributed by atoms with Crippen molar-refractivity contribution in [2.75, 3.05) is 4.90 Å². The lowest BCUT2D eigenvalue weighted by molar-refractivity contribution is -0.384. The number of rotatable bonds is 3. The molecule has 1 heterocycles. The Labute approximate surface area is 147 Å². The summed E-state index contributed by atoms with van der Waals surface area (Å²) in [5, 5.41) is 14.6. The van der Waals surface area contributed by atoms with Gasteiger partial charge in [0, 0.05) is 11.1 Å². The highest BCUT2D eigenvalue weighted by Crippen LogP contribution is 2.31. The molecule has 2 aromatic rings. The van der Waals surface area contributed by atoms with E-state index in [9.17, 15) is 14.9 Å². The minimum absolute atomic E-state index is 0.0921. The fourth-order valence-corrected chi connectivity index (χ4v) is 2.70. The lowest BCUT2D eigenvalue weighted by Crippen LogP contribution is -2.30. The van der Waals surface area contributed by atoms with Crippen LogP contribution in [-0.2, 0) is 4.79 Å². The van der Waals surface area contributed by atoms with Gasteiger partial charge in [0.15, 0.2) is 5.11 Å². The maximum absolute atomic E-state index is 12.6. The number of para-hydroxylation sites is 2. The molecule has 1 aliphatic rings. The van der Waals surface area contributed by atoms with Crippen LogP contribution >= 0.6 is 23.8 Å². The van der Waals surface area contributed by atoms with E-state index in [4.69, 9.17) is 23.8 Å². The third-order valence-electron chi connectivity index (χ3n) is 3.38. The molecule has 0 radical (unpaired) electrons. The van der Waals surface area contributed by atoms with Gasteiger partial charge in [-0.15, -0.1) is 0 Å². The first-order chi connectivity index (χ1) is 11.5. The van der Waals surface area contributed by atoms with Crippen LogP contribution in [0, 0.1) is 10.1 Å². The average molecular weight is 360 g/mol. The smallest absolute Gasteiger partial charge is 0.293 e. The van der Waals surface area contributed by atoms with Crippen molar-refractivity contribution in [3.63, 3.8) is 0 Å². The van der Waals surface area contributed by atoms with Crippen molar-refractivity contribution in [1.82, 2.24) is 5.32 Å². The van der Waals surface area contributed by atoms with E-state index in [1.807, 2.05) is 0 Å². The number of carbonyl (C=O) groups excluding carboxylic acids is 1. The number of nitrogens with zero attached hydrogens (tertiary/aromatic N) is 2. The topological polar surface area (TPSA) is 75.5 Å². The lowest BCUT2D eigenvalue weighted by Gasteiger charge is -2.13. The molecular weight excluding hydrogens is 350 g/mol. The van der Waals surface area contributed by atoms with Gasteiger partial charge in [0.1, 0.15) is 11.4 Å². The Balaban J connectivity index is 1.98. The van der Waals surface area contributed by atoms with Crippen LogP contribution in [0.3, 0.4) is 0 Å². The number of nitro benzene ring substituents is 1. The quantitative estimate of drug-likeness (QED) is 0.393.